The van der Waals surface area contributed by atoms with Crippen LogP contribution in [0.25, 0.3) is 27.8 Å². The van der Waals surface area contributed by atoms with E-state index in [4.69, 9.17) is 9.84 Å². The molecule has 0 aliphatic carbocycles. The molecule has 26 heavy (non-hydrogen) atoms. The van der Waals surface area contributed by atoms with Crippen molar-refractivity contribution in [1.29, 1.82) is 0 Å². The standard InChI is InChI=1S/C19H14FN3O3/c1-26-13-3-5-16-17(10-13)23-7-6-12(9-18(23)21-16)11-2-4-15(14(20)8-11)22-19(24)25/h2-10,22H,1H3,(H,24,25). The molecule has 6 nitrogen and oxygen atoms in total. The molecule has 0 aliphatic heterocycles. The lowest BCUT2D eigenvalue weighted by molar-refractivity contribution is 0.209. The lowest BCUT2D eigenvalue weighted by Crippen LogP contribution is -2.08. The predicted octanol–water partition coefficient (Wildman–Crippen LogP) is 4.39. The number of carbonyl (C=O) groups is 1. The number of rotatable bonds is 3. The quantitative estimate of drug-likeness (QED) is 0.574. The molecule has 0 bridgehead atoms. The van der Waals surface area contributed by atoms with Gasteiger partial charge in [0.1, 0.15) is 17.2 Å². The topological polar surface area (TPSA) is 75.9 Å². The van der Waals surface area contributed by atoms with Crippen LogP contribution >= 0.6 is 0 Å². The summed E-state index contributed by atoms with van der Waals surface area (Å²) in [5, 5.41) is 10.7. The zero-order valence-electron chi connectivity index (χ0n) is 13.7. The highest BCUT2D eigenvalue weighted by Crippen LogP contribution is 2.28. The molecule has 0 unspecified atom stereocenters. The van der Waals surface area contributed by atoms with Crippen molar-refractivity contribution in [3.05, 3.63) is 60.5 Å². The van der Waals surface area contributed by atoms with Crippen molar-refractivity contribution in [1.82, 2.24) is 9.38 Å². The summed E-state index contributed by atoms with van der Waals surface area (Å²) >= 11 is 0. The molecule has 4 aromatic rings. The predicted molar refractivity (Wildman–Crippen MR) is 96.3 cm³/mol. The van der Waals surface area contributed by atoms with Gasteiger partial charge in [0.25, 0.3) is 0 Å². The maximum Gasteiger partial charge on any atom is 0.409 e. The van der Waals surface area contributed by atoms with Crippen molar-refractivity contribution in [3.8, 4) is 16.9 Å². The maximum absolute atomic E-state index is 14.1. The molecule has 0 saturated heterocycles. The van der Waals surface area contributed by atoms with Crippen LogP contribution in [0.3, 0.4) is 0 Å². The third-order valence-corrected chi connectivity index (χ3v) is 4.16. The van der Waals surface area contributed by atoms with Crippen molar-refractivity contribution >= 4 is 28.5 Å². The molecule has 0 aliphatic rings. The number of carboxylic acid groups (broad SMARTS) is 1. The summed E-state index contributed by atoms with van der Waals surface area (Å²) in [7, 11) is 1.61. The molecule has 0 saturated carbocycles. The molecule has 130 valence electrons. The van der Waals surface area contributed by atoms with Crippen LogP contribution in [-0.4, -0.2) is 27.7 Å². The highest BCUT2D eigenvalue weighted by molar-refractivity contribution is 5.85. The van der Waals surface area contributed by atoms with Crippen LogP contribution < -0.4 is 10.1 Å². The minimum absolute atomic E-state index is 0.0824. The van der Waals surface area contributed by atoms with Crippen LogP contribution in [0.4, 0.5) is 14.9 Å². The largest absolute Gasteiger partial charge is 0.497 e. The number of aromatic nitrogens is 2. The Kier molecular flexibility index (Phi) is 3.69. The van der Waals surface area contributed by atoms with Gasteiger partial charge in [-0.15, -0.1) is 0 Å². The van der Waals surface area contributed by atoms with Gasteiger partial charge in [0.05, 0.1) is 23.8 Å². The number of imidazole rings is 1. The van der Waals surface area contributed by atoms with Crippen molar-refractivity contribution in [2.75, 3.05) is 12.4 Å². The monoisotopic (exact) mass is 351 g/mol. The summed E-state index contributed by atoms with van der Waals surface area (Å²) < 4.78 is 21.3. The fourth-order valence-electron chi connectivity index (χ4n) is 2.91. The molecule has 7 heteroatoms. The highest BCUT2D eigenvalue weighted by atomic mass is 19.1. The summed E-state index contributed by atoms with van der Waals surface area (Å²) in [5.41, 5.74) is 3.79. The number of ether oxygens (including phenoxy) is 1. The van der Waals surface area contributed by atoms with Crippen molar-refractivity contribution < 1.29 is 19.0 Å². The minimum atomic E-state index is -1.31. The van der Waals surface area contributed by atoms with Crippen LogP contribution in [0.15, 0.2) is 54.7 Å². The van der Waals surface area contributed by atoms with E-state index in [2.05, 4.69) is 4.98 Å². The number of nitrogens with zero attached hydrogens (tertiary/aromatic N) is 2. The number of hydrogen-bond acceptors (Lipinski definition) is 3. The first kappa shape index (κ1) is 15.9. The molecule has 0 atom stereocenters. The van der Waals surface area contributed by atoms with Gasteiger partial charge < -0.3 is 9.84 Å². The first-order valence-electron chi connectivity index (χ1n) is 7.81. The van der Waals surface area contributed by atoms with E-state index in [0.29, 0.717) is 5.56 Å². The van der Waals surface area contributed by atoms with Crippen LogP contribution in [0.1, 0.15) is 0 Å². The summed E-state index contributed by atoms with van der Waals surface area (Å²) in [6.45, 7) is 0. The lowest BCUT2D eigenvalue weighted by Gasteiger charge is -2.07. The number of benzene rings is 2. The van der Waals surface area contributed by atoms with Gasteiger partial charge in [0.2, 0.25) is 0 Å². The fourth-order valence-corrected chi connectivity index (χ4v) is 2.91. The first-order chi connectivity index (χ1) is 12.5. The van der Waals surface area contributed by atoms with Gasteiger partial charge in [0.15, 0.2) is 0 Å². The summed E-state index contributed by atoms with van der Waals surface area (Å²) in [4.78, 5) is 15.2. The van der Waals surface area contributed by atoms with E-state index in [1.54, 1.807) is 13.2 Å². The van der Waals surface area contributed by atoms with Gasteiger partial charge in [-0.1, -0.05) is 6.07 Å². The van der Waals surface area contributed by atoms with Gasteiger partial charge in [-0.2, -0.15) is 0 Å². The molecule has 2 N–H and O–H groups in total. The van der Waals surface area contributed by atoms with E-state index in [1.807, 2.05) is 46.2 Å². The van der Waals surface area contributed by atoms with E-state index < -0.39 is 11.9 Å². The minimum Gasteiger partial charge on any atom is -0.497 e. The number of amides is 1. The third kappa shape index (κ3) is 2.69. The van der Waals surface area contributed by atoms with E-state index in [0.717, 1.165) is 28.0 Å². The number of pyridine rings is 1. The Morgan fingerprint density at radius 1 is 1.15 bits per heavy atom. The van der Waals surface area contributed by atoms with Crippen LogP contribution in [0.5, 0.6) is 5.75 Å². The van der Waals surface area contributed by atoms with E-state index in [1.165, 1.54) is 12.1 Å². The van der Waals surface area contributed by atoms with Gasteiger partial charge in [0, 0.05) is 12.3 Å². The Morgan fingerprint density at radius 2 is 1.96 bits per heavy atom. The van der Waals surface area contributed by atoms with Crippen molar-refractivity contribution in [2.45, 2.75) is 0 Å². The number of nitrogens with one attached hydrogen (secondary N) is 1. The zero-order valence-corrected chi connectivity index (χ0v) is 13.7. The first-order valence-corrected chi connectivity index (χ1v) is 7.81. The Bertz CT molecular complexity index is 1150. The Hall–Kier alpha value is -3.61. The maximum atomic E-state index is 14.1. The molecule has 0 fully saturated rings. The molecule has 2 aromatic heterocycles. The van der Waals surface area contributed by atoms with Crippen LogP contribution in [0, 0.1) is 5.82 Å². The summed E-state index contributed by atoms with van der Waals surface area (Å²) in [6.07, 6.45) is 0.554. The van der Waals surface area contributed by atoms with Crippen molar-refractivity contribution in [3.63, 3.8) is 0 Å². The second-order valence-corrected chi connectivity index (χ2v) is 5.73. The van der Waals surface area contributed by atoms with Crippen LogP contribution in [-0.2, 0) is 0 Å². The number of halogens is 1. The van der Waals surface area contributed by atoms with Gasteiger partial charge in [-0.05, 0) is 47.5 Å². The number of hydrogen-bond donors (Lipinski definition) is 2. The van der Waals surface area contributed by atoms with Gasteiger partial charge in [-0.3, -0.25) is 9.72 Å². The molecule has 4 rings (SSSR count). The normalized spacial score (nSPS) is 11.0. The second kappa shape index (κ2) is 6.03. The molecule has 0 spiro atoms. The number of methoxy groups -OCH3 is 1. The van der Waals surface area contributed by atoms with E-state index in [9.17, 15) is 9.18 Å². The molecule has 0 radical (unpaired) electrons. The molecular weight excluding hydrogens is 337 g/mol. The smallest absolute Gasteiger partial charge is 0.409 e. The fraction of sp³-hybridized carbons (Fsp3) is 0.0526. The molecule has 2 heterocycles. The average Bonchev–Trinajstić information content (AvgIpc) is 2.99. The Balaban J connectivity index is 1.79. The summed E-state index contributed by atoms with van der Waals surface area (Å²) in [5.74, 6) is 0.106. The Morgan fingerprint density at radius 3 is 2.69 bits per heavy atom. The van der Waals surface area contributed by atoms with Crippen molar-refractivity contribution in [2.24, 2.45) is 0 Å². The van der Waals surface area contributed by atoms with Gasteiger partial charge in [-0.25, -0.2) is 14.2 Å². The molecule has 2 aromatic carbocycles. The number of anilines is 1. The molecule has 1 amide bonds. The van der Waals surface area contributed by atoms with E-state index >= 15 is 0 Å². The zero-order chi connectivity index (χ0) is 18.3. The average molecular weight is 351 g/mol. The van der Waals surface area contributed by atoms with Crippen LogP contribution in [0.2, 0.25) is 0 Å². The second-order valence-electron chi connectivity index (χ2n) is 5.73. The SMILES string of the molecule is COc1ccc2nc3cc(-c4ccc(NC(=O)O)c(F)c4)ccn3c2c1. The Labute approximate surface area is 147 Å². The highest BCUT2D eigenvalue weighted by Gasteiger charge is 2.10. The van der Waals surface area contributed by atoms with E-state index in [-0.39, 0.29) is 5.69 Å². The van der Waals surface area contributed by atoms with Gasteiger partial charge >= 0.3 is 6.09 Å². The summed E-state index contributed by atoms with van der Waals surface area (Å²) in [6, 6.07) is 13.7. The number of fused-ring (bicyclic) bond motifs is 3. The lowest BCUT2D eigenvalue weighted by atomic mass is 10.1. The third-order valence-electron chi connectivity index (χ3n) is 4.16. The molecular formula is C19H14FN3O3.